The Morgan fingerprint density at radius 2 is 1.47 bits per heavy atom. The third-order valence-corrected chi connectivity index (χ3v) is 5.32. The van der Waals surface area contributed by atoms with E-state index in [1.807, 2.05) is 19.1 Å². The van der Waals surface area contributed by atoms with Crippen LogP contribution in [0.25, 0.3) is 21.8 Å². The Hall–Kier alpha value is -3.03. The molecule has 2 heterocycles. The van der Waals surface area contributed by atoms with E-state index in [0.717, 1.165) is 39.6 Å². The van der Waals surface area contributed by atoms with Crippen molar-refractivity contribution in [2.24, 2.45) is 0 Å². The van der Waals surface area contributed by atoms with Crippen molar-refractivity contribution < 1.29 is 14.6 Å². The molecular weight excluding hydrogens is 451 g/mol. The molecule has 0 radical (unpaired) electrons. The SMILES string of the molecule is CC(=O)CCCOc1cc2ncnc(Cl)c2cc1C.Cc1cc2c(Cl)ncnc2cc1O. The molecular formula is C23H22Cl2N4O3. The molecule has 0 aliphatic heterocycles. The predicted molar refractivity (Wildman–Crippen MR) is 126 cm³/mol. The van der Waals surface area contributed by atoms with Crippen LogP contribution in [0.2, 0.25) is 10.3 Å². The van der Waals surface area contributed by atoms with Crippen LogP contribution in [0, 0.1) is 13.8 Å². The number of fused-ring (bicyclic) bond motifs is 2. The second-order valence-corrected chi connectivity index (χ2v) is 7.99. The standard InChI is InChI=1S/C14H15ClN2O2.C9H7ClN2O/c1-9-6-11-12(16-8-17-14(11)15)7-13(9)19-5-3-4-10(2)18;1-5-2-6-7(3-8(5)13)11-4-12-9(6)10/h6-8H,3-5H2,1-2H3;2-4,13H,1H3. The number of phenols is 1. The van der Waals surface area contributed by atoms with E-state index in [1.54, 1.807) is 26.0 Å². The minimum atomic E-state index is 0.179. The number of ketones is 1. The quantitative estimate of drug-likeness (QED) is 0.296. The summed E-state index contributed by atoms with van der Waals surface area (Å²) in [5.41, 5.74) is 3.16. The van der Waals surface area contributed by atoms with Crippen molar-refractivity contribution in [2.75, 3.05) is 6.61 Å². The lowest BCUT2D eigenvalue weighted by Gasteiger charge is -2.10. The number of nitrogens with zero attached hydrogens (tertiary/aromatic N) is 4. The van der Waals surface area contributed by atoms with Crippen LogP contribution in [-0.2, 0) is 4.79 Å². The molecule has 2 aromatic heterocycles. The van der Waals surface area contributed by atoms with Crippen molar-refractivity contribution in [1.29, 1.82) is 0 Å². The van der Waals surface area contributed by atoms with Crippen LogP contribution in [0.5, 0.6) is 11.5 Å². The zero-order valence-electron chi connectivity index (χ0n) is 17.9. The molecule has 2 aromatic carbocycles. The van der Waals surface area contributed by atoms with Gasteiger partial charge in [-0.15, -0.1) is 0 Å². The monoisotopic (exact) mass is 472 g/mol. The van der Waals surface area contributed by atoms with Crippen molar-refractivity contribution in [3.63, 3.8) is 0 Å². The van der Waals surface area contributed by atoms with Gasteiger partial charge >= 0.3 is 0 Å². The maximum Gasteiger partial charge on any atom is 0.140 e. The zero-order chi connectivity index (χ0) is 23.3. The molecule has 9 heteroatoms. The number of ether oxygens (including phenoxy) is 1. The number of aryl methyl sites for hydroxylation is 2. The number of hydrogen-bond acceptors (Lipinski definition) is 7. The summed E-state index contributed by atoms with van der Waals surface area (Å²) in [5, 5.41) is 11.8. The van der Waals surface area contributed by atoms with Crippen molar-refractivity contribution >= 4 is 50.8 Å². The van der Waals surface area contributed by atoms with E-state index in [4.69, 9.17) is 27.9 Å². The van der Waals surface area contributed by atoms with E-state index in [0.29, 0.717) is 28.9 Å². The first kappa shape index (κ1) is 23.6. The molecule has 0 saturated carbocycles. The highest BCUT2D eigenvalue weighted by molar-refractivity contribution is 6.34. The second-order valence-electron chi connectivity index (χ2n) is 7.27. The number of aromatic nitrogens is 4. The fourth-order valence-electron chi connectivity index (χ4n) is 2.99. The van der Waals surface area contributed by atoms with Crippen molar-refractivity contribution in [1.82, 2.24) is 19.9 Å². The molecule has 166 valence electrons. The minimum Gasteiger partial charge on any atom is -0.508 e. The fourth-order valence-corrected chi connectivity index (χ4v) is 3.38. The first-order valence-corrected chi connectivity index (χ1v) is 10.6. The van der Waals surface area contributed by atoms with Crippen LogP contribution >= 0.6 is 23.2 Å². The molecule has 0 spiro atoms. The first-order chi connectivity index (χ1) is 15.3. The molecule has 32 heavy (non-hydrogen) atoms. The van der Waals surface area contributed by atoms with Gasteiger partial charge in [-0.3, -0.25) is 0 Å². The highest BCUT2D eigenvalue weighted by Crippen LogP contribution is 2.28. The Bertz CT molecular complexity index is 1280. The van der Waals surface area contributed by atoms with Crippen LogP contribution < -0.4 is 4.74 Å². The normalized spacial score (nSPS) is 10.7. The van der Waals surface area contributed by atoms with E-state index in [-0.39, 0.29) is 11.5 Å². The van der Waals surface area contributed by atoms with Gasteiger partial charge in [0.25, 0.3) is 0 Å². The van der Waals surface area contributed by atoms with Gasteiger partial charge in [-0.05, 0) is 50.5 Å². The van der Waals surface area contributed by atoms with Crippen LogP contribution in [0.4, 0.5) is 0 Å². The molecule has 0 bridgehead atoms. The van der Waals surface area contributed by atoms with Gasteiger partial charge in [-0.1, -0.05) is 23.2 Å². The van der Waals surface area contributed by atoms with Gasteiger partial charge in [-0.2, -0.15) is 0 Å². The van der Waals surface area contributed by atoms with Gasteiger partial charge in [0.2, 0.25) is 0 Å². The zero-order valence-corrected chi connectivity index (χ0v) is 19.4. The molecule has 0 atom stereocenters. The number of phenolic OH excluding ortho intramolecular Hbond substituents is 1. The maximum atomic E-state index is 10.8. The molecule has 0 aliphatic carbocycles. The number of aromatic hydroxyl groups is 1. The van der Waals surface area contributed by atoms with Crippen LogP contribution in [0.3, 0.4) is 0 Å². The lowest BCUT2D eigenvalue weighted by atomic mass is 10.1. The molecule has 0 saturated heterocycles. The van der Waals surface area contributed by atoms with Gasteiger partial charge < -0.3 is 14.6 Å². The Morgan fingerprint density at radius 1 is 0.906 bits per heavy atom. The third kappa shape index (κ3) is 5.81. The fraction of sp³-hybridized carbons (Fsp3) is 0.261. The van der Waals surface area contributed by atoms with Crippen LogP contribution in [-0.4, -0.2) is 37.4 Å². The van der Waals surface area contributed by atoms with Gasteiger partial charge in [0, 0.05) is 29.3 Å². The number of halogens is 2. The highest BCUT2D eigenvalue weighted by atomic mass is 35.5. The average molecular weight is 473 g/mol. The van der Waals surface area contributed by atoms with Crippen LogP contribution in [0.15, 0.2) is 36.9 Å². The van der Waals surface area contributed by atoms with Gasteiger partial charge in [0.15, 0.2) is 0 Å². The summed E-state index contributed by atoms with van der Waals surface area (Å²) in [6.07, 6.45) is 4.07. The summed E-state index contributed by atoms with van der Waals surface area (Å²) in [7, 11) is 0. The third-order valence-electron chi connectivity index (χ3n) is 4.72. The molecule has 0 unspecified atom stereocenters. The molecule has 7 nitrogen and oxygen atoms in total. The van der Waals surface area contributed by atoms with E-state index in [1.165, 1.54) is 12.7 Å². The number of hydrogen-bond donors (Lipinski definition) is 1. The predicted octanol–water partition coefficient (Wildman–Crippen LogP) is 5.64. The summed E-state index contributed by atoms with van der Waals surface area (Å²) < 4.78 is 5.68. The summed E-state index contributed by atoms with van der Waals surface area (Å²) in [4.78, 5) is 26.8. The van der Waals surface area contributed by atoms with E-state index in [9.17, 15) is 9.90 Å². The summed E-state index contributed by atoms with van der Waals surface area (Å²) >= 11 is 11.9. The second kappa shape index (κ2) is 10.5. The van der Waals surface area contributed by atoms with Gasteiger partial charge in [-0.25, -0.2) is 19.9 Å². The summed E-state index contributed by atoms with van der Waals surface area (Å²) in [5.74, 6) is 1.17. The molecule has 0 amide bonds. The number of rotatable bonds is 5. The topological polar surface area (TPSA) is 98.1 Å². The lowest BCUT2D eigenvalue weighted by molar-refractivity contribution is -0.117. The van der Waals surface area contributed by atoms with E-state index < -0.39 is 0 Å². The summed E-state index contributed by atoms with van der Waals surface area (Å²) in [6.45, 7) is 5.85. The summed E-state index contributed by atoms with van der Waals surface area (Å²) in [6, 6.07) is 7.12. The highest BCUT2D eigenvalue weighted by Gasteiger charge is 2.07. The Morgan fingerprint density at radius 3 is 2.06 bits per heavy atom. The lowest BCUT2D eigenvalue weighted by Crippen LogP contribution is -2.02. The van der Waals surface area contributed by atoms with Gasteiger partial charge in [0.05, 0.1) is 17.6 Å². The number of Topliss-reactive ketones (excluding diaryl/α,β-unsaturated/α-hetero) is 1. The number of carbonyl (C=O) groups excluding carboxylic acids is 1. The number of benzene rings is 2. The van der Waals surface area contributed by atoms with Crippen LogP contribution in [0.1, 0.15) is 30.9 Å². The minimum absolute atomic E-state index is 0.179. The maximum absolute atomic E-state index is 10.8. The van der Waals surface area contributed by atoms with E-state index >= 15 is 0 Å². The number of carbonyl (C=O) groups is 1. The van der Waals surface area contributed by atoms with Crippen molar-refractivity contribution in [3.05, 3.63) is 58.4 Å². The molecule has 4 rings (SSSR count). The molecule has 0 aliphatic rings. The smallest absolute Gasteiger partial charge is 0.140 e. The average Bonchev–Trinajstić information content (AvgIpc) is 2.74. The molecule has 4 aromatic rings. The molecule has 0 fully saturated rings. The van der Waals surface area contributed by atoms with Crippen molar-refractivity contribution in [3.8, 4) is 11.5 Å². The Kier molecular flexibility index (Phi) is 7.77. The van der Waals surface area contributed by atoms with Gasteiger partial charge in [0.1, 0.15) is 40.2 Å². The molecule has 1 N–H and O–H groups in total. The Labute approximate surface area is 195 Å². The van der Waals surface area contributed by atoms with E-state index in [2.05, 4.69) is 19.9 Å². The Balaban J connectivity index is 0.000000193. The largest absolute Gasteiger partial charge is 0.508 e. The first-order valence-electron chi connectivity index (χ1n) is 9.89. The van der Waals surface area contributed by atoms with Crippen molar-refractivity contribution in [2.45, 2.75) is 33.6 Å².